The number of Topliss-reactive ketones (excluding diaryl/α,β-unsaturated/α-hetero) is 1. The van der Waals surface area contributed by atoms with Crippen LogP contribution in [0.3, 0.4) is 0 Å². The van der Waals surface area contributed by atoms with E-state index in [9.17, 15) is 19.1 Å². The zero-order chi connectivity index (χ0) is 23.0. The van der Waals surface area contributed by atoms with Gasteiger partial charge in [-0.3, -0.25) is 14.5 Å². The van der Waals surface area contributed by atoms with E-state index in [1.807, 2.05) is 0 Å². The Morgan fingerprint density at radius 1 is 1.03 bits per heavy atom. The van der Waals surface area contributed by atoms with Crippen LogP contribution in [0.5, 0.6) is 5.75 Å². The number of ether oxygens (including phenoxy) is 1. The number of benzene rings is 3. The number of ketones is 1. The monoisotopic (exact) mass is 471 g/mol. The van der Waals surface area contributed by atoms with Crippen molar-refractivity contribution in [2.24, 2.45) is 0 Å². The summed E-state index contributed by atoms with van der Waals surface area (Å²) in [5, 5.41) is 11.7. The van der Waals surface area contributed by atoms with Gasteiger partial charge in [-0.1, -0.05) is 41.4 Å². The molecule has 1 aliphatic rings. The molecule has 162 valence electrons. The van der Waals surface area contributed by atoms with Crippen LogP contribution in [0, 0.1) is 5.82 Å². The Kier molecular flexibility index (Phi) is 5.91. The van der Waals surface area contributed by atoms with E-state index < -0.39 is 29.3 Å². The number of carbonyl (C=O) groups excluding carboxylic acids is 2. The lowest BCUT2D eigenvalue weighted by Gasteiger charge is -2.25. The summed E-state index contributed by atoms with van der Waals surface area (Å²) < 4.78 is 20.0. The van der Waals surface area contributed by atoms with Crippen LogP contribution < -0.4 is 9.64 Å². The zero-order valence-corrected chi connectivity index (χ0v) is 18.2. The number of aliphatic hydroxyl groups excluding tert-OH is 1. The van der Waals surface area contributed by atoms with Gasteiger partial charge < -0.3 is 9.84 Å². The Labute approximate surface area is 193 Å². The smallest absolute Gasteiger partial charge is 0.300 e. The van der Waals surface area contributed by atoms with Gasteiger partial charge in [0.1, 0.15) is 17.3 Å². The SMILES string of the molecule is COc1ccc(Cl)c(/C(O)=C2\C(=O)C(=O)N(c3ccc(Cl)cc3)C2c2ccccc2F)c1. The molecule has 0 aromatic heterocycles. The van der Waals surface area contributed by atoms with Gasteiger partial charge in [0, 0.05) is 21.8 Å². The van der Waals surface area contributed by atoms with Crippen molar-refractivity contribution in [3.05, 3.63) is 99.3 Å². The van der Waals surface area contributed by atoms with Crippen LogP contribution in [0.25, 0.3) is 5.76 Å². The average Bonchev–Trinajstić information content (AvgIpc) is 3.05. The first kappa shape index (κ1) is 21.9. The van der Waals surface area contributed by atoms with E-state index in [4.69, 9.17) is 27.9 Å². The van der Waals surface area contributed by atoms with Crippen LogP contribution in [-0.2, 0) is 9.59 Å². The van der Waals surface area contributed by atoms with E-state index in [-0.39, 0.29) is 21.7 Å². The Bertz CT molecular complexity index is 1260. The highest BCUT2D eigenvalue weighted by Gasteiger charge is 2.48. The summed E-state index contributed by atoms with van der Waals surface area (Å²) in [6.07, 6.45) is 0. The third-order valence-electron chi connectivity index (χ3n) is 5.18. The molecule has 1 fully saturated rings. The second kappa shape index (κ2) is 8.65. The lowest BCUT2D eigenvalue weighted by molar-refractivity contribution is -0.132. The molecule has 4 rings (SSSR count). The molecule has 1 N–H and O–H groups in total. The van der Waals surface area contributed by atoms with E-state index >= 15 is 0 Å². The fourth-order valence-electron chi connectivity index (χ4n) is 3.65. The summed E-state index contributed by atoms with van der Waals surface area (Å²) in [4.78, 5) is 27.3. The Morgan fingerprint density at radius 2 is 1.72 bits per heavy atom. The molecule has 32 heavy (non-hydrogen) atoms. The van der Waals surface area contributed by atoms with Gasteiger partial charge in [-0.25, -0.2) is 4.39 Å². The summed E-state index contributed by atoms with van der Waals surface area (Å²) in [7, 11) is 1.44. The highest BCUT2D eigenvalue weighted by molar-refractivity contribution is 6.52. The predicted molar refractivity (Wildman–Crippen MR) is 121 cm³/mol. The number of anilines is 1. The van der Waals surface area contributed by atoms with Gasteiger partial charge in [-0.2, -0.15) is 0 Å². The first-order valence-corrected chi connectivity index (χ1v) is 10.2. The standard InChI is InChI=1S/C24H16Cl2FNO4/c1-32-15-10-11-18(26)17(12-15)22(29)20-21(16-4-2-3-5-19(16)27)28(24(31)23(20)30)14-8-6-13(25)7-9-14/h2-12,21,29H,1H3/b22-20+. The van der Waals surface area contributed by atoms with Gasteiger partial charge in [0.2, 0.25) is 0 Å². The number of aliphatic hydroxyl groups is 1. The minimum absolute atomic E-state index is 0.0437. The Balaban J connectivity index is 1.99. The summed E-state index contributed by atoms with van der Waals surface area (Å²) in [5.74, 6) is -2.67. The summed E-state index contributed by atoms with van der Waals surface area (Å²) in [6.45, 7) is 0. The van der Waals surface area contributed by atoms with Crippen molar-refractivity contribution in [3.63, 3.8) is 0 Å². The van der Waals surface area contributed by atoms with Gasteiger partial charge in [-0.15, -0.1) is 0 Å². The van der Waals surface area contributed by atoms with E-state index in [1.54, 1.807) is 36.4 Å². The van der Waals surface area contributed by atoms with E-state index in [0.29, 0.717) is 16.5 Å². The van der Waals surface area contributed by atoms with E-state index in [1.165, 1.54) is 37.4 Å². The molecule has 3 aromatic carbocycles. The number of carbonyl (C=O) groups is 2. The van der Waals surface area contributed by atoms with Crippen molar-refractivity contribution in [2.45, 2.75) is 6.04 Å². The van der Waals surface area contributed by atoms with E-state index in [0.717, 1.165) is 4.90 Å². The molecule has 5 nitrogen and oxygen atoms in total. The average molecular weight is 472 g/mol. The first-order chi connectivity index (χ1) is 15.3. The van der Waals surface area contributed by atoms with Crippen molar-refractivity contribution in [2.75, 3.05) is 12.0 Å². The maximum Gasteiger partial charge on any atom is 0.300 e. The number of hydrogen-bond donors (Lipinski definition) is 1. The normalized spacial score (nSPS) is 17.6. The Hall–Kier alpha value is -3.35. The fraction of sp³-hybridized carbons (Fsp3) is 0.0833. The number of nitrogens with zero attached hydrogens (tertiary/aromatic N) is 1. The second-order valence-electron chi connectivity index (χ2n) is 7.01. The quantitative estimate of drug-likeness (QED) is 0.298. The van der Waals surface area contributed by atoms with Crippen LogP contribution in [0.15, 0.2) is 72.3 Å². The molecule has 0 bridgehead atoms. The molecule has 8 heteroatoms. The van der Waals surface area contributed by atoms with Gasteiger partial charge >= 0.3 is 0 Å². The third-order valence-corrected chi connectivity index (χ3v) is 5.76. The number of hydrogen-bond acceptors (Lipinski definition) is 4. The van der Waals surface area contributed by atoms with Crippen molar-refractivity contribution in [1.29, 1.82) is 0 Å². The molecule has 1 amide bonds. The Morgan fingerprint density at radius 3 is 2.38 bits per heavy atom. The number of methoxy groups -OCH3 is 1. The molecule has 3 aromatic rings. The molecule has 1 atom stereocenters. The molecule has 1 heterocycles. The van der Waals surface area contributed by atoms with Crippen LogP contribution >= 0.6 is 23.2 Å². The number of halogens is 3. The van der Waals surface area contributed by atoms with Crippen LogP contribution in [0.2, 0.25) is 10.0 Å². The van der Waals surface area contributed by atoms with Crippen molar-refractivity contribution in [1.82, 2.24) is 0 Å². The molecular formula is C24H16Cl2FNO4. The molecule has 0 radical (unpaired) electrons. The highest BCUT2D eigenvalue weighted by Crippen LogP contribution is 2.44. The summed E-state index contributed by atoms with van der Waals surface area (Å²) in [5.41, 5.74) is 0.162. The van der Waals surface area contributed by atoms with Crippen molar-refractivity contribution >= 4 is 46.3 Å². The molecule has 0 aliphatic carbocycles. The third kappa shape index (κ3) is 3.72. The summed E-state index contributed by atoms with van der Waals surface area (Å²) in [6, 6.07) is 15.2. The van der Waals surface area contributed by atoms with Gasteiger partial charge in [-0.05, 0) is 48.5 Å². The van der Waals surface area contributed by atoms with Crippen LogP contribution in [-0.4, -0.2) is 23.9 Å². The predicted octanol–water partition coefficient (Wildman–Crippen LogP) is 5.77. The lowest BCUT2D eigenvalue weighted by atomic mass is 9.94. The largest absolute Gasteiger partial charge is 0.507 e. The molecule has 0 spiro atoms. The molecule has 0 saturated carbocycles. The molecule has 1 saturated heterocycles. The zero-order valence-electron chi connectivity index (χ0n) is 16.7. The summed E-state index contributed by atoms with van der Waals surface area (Å²) >= 11 is 12.2. The van der Waals surface area contributed by atoms with Gasteiger partial charge in [0.25, 0.3) is 11.7 Å². The topological polar surface area (TPSA) is 66.8 Å². The molecule has 1 aliphatic heterocycles. The van der Waals surface area contributed by atoms with Crippen LogP contribution in [0.1, 0.15) is 17.2 Å². The van der Waals surface area contributed by atoms with Crippen LogP contribution in [0.4, 0.5) is 10.1 Å². The molecular weight excluding hydrogens is 456 g/mol. The number of rotatable bonds is 4. The van der Waals surface area contributed by atoms with Crippen molar-refractivity contribution in [3.8, 4) is 5.75 Å². The van der Waals surface area contributed by atoms with Gasteiger partial charge in [0.05, 0.1) is 23.7 Å². The first-order valence-electron chi connectivity index (χ1n) is 9.48. The maximum atomic E-state index is 14.9. The minimum Gasteiger partial charge on any atom is -0.507 e. The van der Waals surface area contributed by atoms with Crippen molar-refractivity contribution < 1.29 is 23.8 Å². The molecule has 1 unspecified atom stereocenters. The fourth-order valence-corrected chi connectivity index (χ4v) is 3.98. The number of amides is 1. The van der Waals surface area contributed by atoms with Gasteiger partial charge in [0.15, 0.2) is 0 Å². The highest BCUT2D eigenvalue weighted by atomic mass is 35.5. The van der Waals surface area contributed by atoms with E-state index in [2.05, 4.69) is 0 Å². The lowest BCUT2D eigenvalue weighted by Crippen LogP contribution is -2.29. The second-order valence-corrected chi connectivity index (χ2v) is 7.86. The minimum atomic E-state index is -1.22. The maximum absolute atomic E-state index is 14.9.